The van der Waals surface area contributed by atoms with Gasteiger partial charge in [0, 0.05) is 11.4 Å². The number of halogens is 1. The standard InChI is InChI=1S/C18H16FN3O3S2/c19-13-3-9-17(10-4-13)27(23,24)22-15-7-5-14(6-8-15)21-18(26)20-12-16-2-1-11-25-16/h1-11,22H,12H2,(H2,20,21,26). The maximum Gasteiger partial charge on any atom is 0.261 e. The molecule has 3 aromatic rings. The molecule has 3 rings (SSSR count). The highest BCUT2D eigenvalue weighted by Crippen LogP contribution is 2.18. The van der Waals surface area contributed by atoms with Crippen LogP contribution in [0.15, 0.2) is 76.2 Å². The van der Waals surface area contributed by atoms with E-state index < -0.39 is 15.8 Å². The molecule has 0 aliphatic heterocycles. The molecular weight excluding hydrogens is 389 g/mol. The normalized spacial score (nSPS) is 11.0. The van der Waals surface area contributed by atoms with Gasteiger partial charge in [-0.05, 0) is 72.9 Å². The van der Waals surface area contributed by atoms with Gasteiger partial charge in [0.25, 0.3) is 10.0 Å². The molecule has 0 saturated heterocycles. The van der Waals surface area contributed by atoms with Crippen LogP contribution in [0, 0.1) is 5.82 Å². The Morgan fingerprint density at radius 1 is 1.00 bits per heavy atom. The summed E-state index contributed by atoms with van der Waals surface area (Å²) in [6.07, 6.45) is 1.58. The quantitative estimate of drug-likeness (QED) is 0.543. The summed E-state index contributed by atoms with van der Waals surface area (Å²) in [5, 5.41) is 6.40. The van der Waals surface area contributed by atoms with E-state index >= 15 is 0 Å². The lowest BCUT2D eigenvalue weighted by atomic mass is 10.3. The lowest BCUT2D eigenvalue weighted by molar-refractivity contribution is 0.503. The van der Waals surface area contributed by atoms with Crippen LogP contribution in [-0.2, 0) is 16.6 Å². The van der Waals surface area contributed by atoms with Crippen LogP contribution in [0.3, 0.4) is 0 Å². The third-order valence-corrected chi connectivity index (χ3v) is 5.17. The molecule has 0 aliphatic rings. The topological polar surface area (TPSA) is 83.4 Å². The van der Waals surface area contributed by atoms with Gasteiger partial charge >= 0.3 is 0 Å². The van der Waals surface area contributed by atoms with E-state index in [4.69, 9.17) is 16.6 Å². The lowest BCUT2D eigenvalue weighted by Crippen LogP contribution is -2.27. The Morgan fingerprint density at radius 3 is 2.30 bits per heavy atom. The molecule has 0 atom stereocenters. The number of benzene rings is 2. The average molecular weight is 405 g/mol. The van der Waals surface area contributed by atoms with Gasteiger partial charge in [-0.15, -0.1) is 0 Å². The van der Waals surface area contributed by atoms with E-state index in [2.05, 4.69) is 15.4 Å². The van der Waals surface area contributed by atoms with Crippen molar-refractivity contribution in [1.29, 1.82) is 0 Å². The highest BCUT2D eigenvalue weighted by atomic mass is 32.2. The van der Waals surface area contributed by atoms with Gasteiger partial charge in [-0.25, -0.2) is 12.8 Å². The first-order valence-electron chi connectivity index (χ1n) is 7.88. The molecule has 0 unspecified atom stereocenters. The Labute approximate surface area is 161 Å². The molecule has 0 aliphatic carbocycles. The summed E-state index contributed by atoms with van der Waals surface area (Å²) < 4.78 is 45.2. The van der Waals surface area contributed by atoms with Crippen molar-refractivity contribution in [2.45, 2.75) is 11.4 Å². The van der Waals surface area contributed by atoms with Crippen LogP contribution < -0.4 is 15.4 Å². The van der Waals surface area contributed by atoms with Gasteiger partial charge in [0.2, 0.25) is 0 Å². The summed E-state index contributed by atoms with van der Waals surface area (Å²) in [7, 11) is -3.79. The van der Waals surface area contributed by atoms with Crippen molar-refractivity contribution in [3.8, 4) is 0 Å². The largest absolute Gasteiger partial charge is 0.467 e. The molecular formula is C18H16FN3O3S2. The first-order valence-corrected chi connectivity index (χ1v) is 9.77. The Balaban J connectivity index is 1.58. The van der Waals surface area contributed by atoms with E-state index in [1.165, 1.54) is 12.1 Å². The average Bonchev–Trinajstić information content (AvgIpc) is 3.15. The van der Waals surface area contributed by atoms with Gasteiger partial charge in [-0.3, -0.25) is 4.72 Å². The molecule has 9 heteroatoms. The van der Waals surface area contributed by atoms with Crippen molar-refractivity contribution in [2.24, 2.45) is 0 Å². The number of nitrogens with one attached hydrogen (secondary N) is 3. The number of sulfonamides is 1. The highest BCUT2D eigenvalue weighted by molar-refractivity contribution is 7.92. The van der Waals surface area contributed by atoms with Crippen molar-refractivity contribution in [3.63, 3.8) is 0 Å². The molecule has 0 spiro atoms. The van der Waals surface area contributed by atoms with Gasteiger partial charge in [-0.2, -0.15) is 0 Å². The van der Waals surface area contributed by atoms with E-state index in [0.717, 1.165) is 17.9 Å². The maximum absolute atomic E-state index is 12.9. The first-order chi connectivity index (χ1) is 12.9. The second kappa shape index (κ2) is 8.19. The summed E-state index contributed by atoms with van der Waals surface area (Å²) in [5.41, 5.74) is 1.07. The molecule has 3 N–H and O–H groups in total. The fraction of sp³-hybridized carbons (Fsp3) is 0.0556. The summed E-state index contributed by atoms with van der Waals surface area (Å²) in [5.74, 6) is 0.255. The minimum absolute atomic E-state index is 0.0191. The Morgan fingerprint density at radius 2 is 1.67 bits per heavy atom. The lowest BCUT2D eigenvalue weighted by Gasteiger charge is -2.11. The second-order valence-corrected chi connectivity index (χ2v) is 7.61. The number of rotatable bonds is 6. The van der Waals surface area contributed by atoms with E-state index in [1.54, 1.807) is 36.6 Å². The number of hydrogen-bond donors (Lipinski definition) is 3. The summed E-state index contributed by atoms with van der Waals surface area (Å²) in [6.45, 7) is 0.453. The van der Waals surface area contributed by atoms with Crippen LogP contribution in [0.1, 0.15) is 5.76 Å². The number of hydrogen-bond acceptors (Lipinski definition) is 4. The first kappa shape index (κ1) is 18.9. The monoisotopic (exact) mass is 405 g/mol. The predicted octanol–water partition coefficient (Wildman–Crippen LogP) is 3.71. The number of thiocarbonyl (C=S) groups is 1. The van der Waals surface area contributed by atoms with Gasteiger partial charge in [0.05, 0.1) is 17.7 Å². The van der Waals surface area contributed by atoms with E-state index in [1.807, 2.05) is 6.07 Å². The molecule has 0 saturated carbocycles. The minimum Gasteiger partial charge on any atom is -0.467 e. The molecule has 0 fully saturated rings. The van der Waals surface area contributed by atoms with Crippen molar-refractivity contribution in [2.75, 3.05) is 10.0 Å². The number of anilines is 2. The predicted molar refractivity (Wildman–Crippen MR) is 105 cm³/mol. The molecule has 2 aromatic carbocycles. The fourth-order valence-electron chi connectivity index (χ4n) is 2.21. The molecule has 0 radical (unpaired) electrons. The van der Waals surface area contributed by atoms with Crippen molar-refractivity contribution in [3.05, 3.63) is 78.5 Å². The van der Waals surface area contributed by atoms with Crippen LogP contribution >= 0.6 is 12.2 Å². The highest BCUT2D eigenvalue weighted by Gasteiger charge is 2.14. The van der Waals surface area contributed by atoms with E-state index in [9.17, 15) is 12.8 Å². The SMILES string of the molecule is O=S(=O)(Nc1ccc(NC(=S)NCc2ccco2)cc1)c1ccc(F)cc1. The van der Waals surface area contributed by atoms with Crippen LogP contribution in [0.4, 0.5) is 15.8 Å². The molecule has 1 heterocycles. The Kier molecular flexibility index (Phi) is 5.72. The molecule has 6 nitrogen and oxygen atoms in total. The third kappa shape index (κ3) is 5.28. The molecule has 0 amide bonds. The van der Waals surface area contributed by atoms with Gasteiger partial charge in [0.15, 0.2) is 5.11 Å². The summed E-state index contributed by atoms with van der Waals surface area (Å²) in [6, 6.07) is 14.8. The van der Waals surface area contributed by atoms with Crippen molar-refractivity contribution in [1.82, 2.24) is 5.32 Å². The van der Waals surface area contributed by atoms with Gasteiger partial charge in [0.1, 0.15) is 11.6 Å². The summed E-state index contributed by atoms with van der Waals surface area (Å²) in [4.78, 5) is -0.0191. The van der Waals surface area contributed by atoms with E-state index in [0.29, 0.717) is 23.0 Å². The van der Waals surface area contributed by atoms with E-state index in [-0.39, 0.29) is 4.90 Å². The molecule has 140 valence electrons. The second-order valence-electron chi connectivity index (χ2n) is 5.52. The van der Waals surface area contributed by atoms with Crippen molar-refractivity contribution >= 4 is 38.7 Å². The minimum atomic E-state index is -3.79. The van der Waals surface area contributed by atoms with Crippen molar-refractivity contribution < 1.29 is 17.2 Å². The molecule has 0 bridgehead atoms. The smallest absolute Gasteiger partial charge is 0.261 e. The zero-order valence-corrected chi connectivity index (χ0v) is 15.6. The summed E-state index contributed by atoms with van der Waals surface area (Å²) >= 11 is 5.20. The molecule has 27 heavy (non-hydrogen) atoms. The third-order valence-electron chi connectivity index (χ3n) is 3.52. The zero-order chi connectivity index (χ0) is 19.3. The number of furan rings is 1. The molecule has 1 aromatic heterocycles. The maximum atomic E-state index is 12.9. The Hall–Kier alpha value is -2.91. The Bertz CT molecular complexity index is 1000. The van der Waals surface area contributed by atoms with Crippen LogP contribution in [-0.4, -0.2) is 13.5 Å². The fourth-order valence-corrected chi connectivity index (χ4v) is 3.45. The van der Waals surface area contributed by atoms with Crippen LogP contribution in [0.2, 0.25) is 0 Å². The van der Waals surface area contributed by atoms with Gasteiger partial charge < -0.3 is 15.1 Å². The van der Waals surface area contributed by atoms with Crippen LogP contribution in [0.25, 0.3) is 0 Å². The zero-order valence-electron chi connectivity index (χ0n) is 14.0. The van der Waals surface area contributed by atoms with Crippen LogP contribution in [0.5, 0.6) is 0 Å². The van der Waals surface area contributed by atoms with Gasteiger partial charge in [-0.1, -0.05) is 0 Å².